The van der Waals surface area contributed by atoms with E-state index >= 15 is 0 Å². The number of hydrogen-bond acceptors (Lipinski definition) is 5. The minimum atomic E-state index is -2.01. The zero-order chi connectivity index (χ0) is 20.2. The van der Waals surface area contributed by atoms with Gasteiger partial charge in [-0.05, 0) is 32.9 Å². The molecule has 0 bridgehead atoms. The molecule has 0 aliphatic carbocycles. The van der Waals surface area contributed by atoms with Crippen molar-refractivity contribution in [2.75, 3.05) is 6.54 Å². The van der Waals surface area contributed by atoms with E-state index < -0.39 is 42.1 Å². The van der Waals surface area contributed by atoms with Crippen molar-refractivity contribution >= 4 is 22.0 Å². The first-order chi connectivity index (χ1) is 12.6. The molecule has 11 heteroatoms. The normalized spacial score (nSPS) is 11.2. The van der Waals surface area contributed by atoms with E-state index in [1.54, 1.807) is 32.9 Å². The van der Waals surface area contributed by atoms with E-state index in [0.717, 1.165) is 9.25 Å². The Hall–Kier alpha value is -2.56. The highest BCUT2D eigenvalue weighted by molar-refractivity contribution is 9.10. The molecule has 0 saturated heterocycles. The van der Waals surface area contributed by atoms with Gasteiger partial charge in [0.05, 0.1) is 6.54 Å². The highest BCUT2D eigenvalue weighted by atomic mass is 79.9. The lowest BCUT2D eigenvalue weighted by Crippen LogP contribution is -2.35. The Morgan fingerprint density at radius 2 is 2.07 bits per heavy atom. The summed E-state index contributed by atoms with van der Waals surface area (Å²) < 4.78 is 34.1. The van der Waals surface area contributed by atoms with Crippen LogP contribution >= 0.6 is 15.9 Å². The lowest BCUT2D eigenvalue weighted by molar-refractivity contribution is 0.0531. The molecule has 2 aromatic rings. The number of carbonyl (C=O) groups excluding carboxylic acids is 1. The van der Waals surface area contributed by atoms with Gasteiger partial charge in [-0.15, -0.1) is 0 Å². The van der Waals surface area contributed by atoms with Gasteiger partial charge >= 0.3 is 11.8 Å². The largest absolute Gasteiger partial charge is 0.444 e. The van der Waals surface area contributed by atoms with Gasteiger partial charge in [-0.25, -0.2) is 23.8 Å². The molecule has 0 aromatic carbocycles. The predicted molar refractivity (Wildman–Crippen MR) is 96.8 cm³/mol. The fourth-order valence-electron chi connectivity index (χ4n) is 1.98. The van der Waals surface area contributed by atoms with Gasteiger partial charge in [-0.2, -0.15) is 13.9 Å². The number of rotatable bonds is 5. The summed E-state index contributed by atoms with van der Waals surface area (Å²) >= 11 is 3.26. The first-order valence-electron chi connectivity index (χ1n) is 7.83. The second-order valence-electron chi connectivity index (χ2n) is 6.49. The van der Waals surface area contributed by atoms with Gasteiger partial charge in [0, 0.05) is 22.8 Å². The van der Waals surface area contributed by atoms with Gasteiger partial charge in [-0.3, -0.25) is 0 Å². The summed E-state index contributed by atoms with van der Waals surface area (Å²) in [5, 5.41) is 6.07. The Morgan fingerprint density at radius 1 is 1.37 bits per heavy atom. The van der Waals surface area contributed by atoms with Crippen LogP contribution in [0.4, 0.5) is 13.6 Å². The van der Waals surface area contributed by atoms with Crippen LogP contribution in [-0.4, -0.2) is 37.6 Å². The van der Waals surface area contributed by atoms with E-state index in [9.17, 15) is 18.4 Å². The summed E-state index contributed by atoms with van der Waals surface area (Å²) in [6, 6.07) is 3.27. The van der Waals surface area contributed by atoms with Crippen molar-refractivity contribution in [1.82, 2.24) is 24.6 Å². The van der Waals surface area contributed by atoms with E-state index in [2.05, 4.69) is 31.3 Å². The Morgan fingerprint density at radius 3 is 2.67 bits per heavy atom. The topological polar surface area (TPSA) is 91.0 Å². The number of pyridine rings is 1. The molecule has 0 saturated carbocycles. The van der Waals surface area contributed by atoms with Crippen molar-refractivity contribution in [2.45, 2.75) is 32.9 Å². The van der Waals surface area contributed by atoms with E-state index in [-0.39, 0.29) is 0 Å². The molecule has 2 heterocycles. The molecule has 0 fully saturated rings. The lowest BCUT2D eigenvalue weighted by Gasteiger charge is -2.19. The van der Waals surface area contributed by atoms with Crippen molar-refractivity contribution < 1.29 is 18.3 Å². The number of halogens is 3. The number of carbonyl (C=O) groups is 1. The summed E-state index contributed by atoms with van der Waals surface area (Å²) in [7, 11) is 0. The molecule has 0 spiro atoms. The van der Waals surface area contributed by atoms with Crippen LogP contribution < -0.4 is 11.0 Å². The van der Waals surface area contributed by atoms with Crippen LogP contribution in [-0.2, 0) is 11.3 Å². The third-order valence-electron chi connectivity index (χ3n) is 3.14. The van der Waals surface area contributed by atoms with Crippen LogP contribution in [0.2, 0.25) is 0 Å². The van der Waals surface area contributed by atoms with E-state index in [4.69, 9.17) is 4.74 Å². The number of alkyl carbamates (subject to hydrolysis) is 1. The van der Waals surface area contributed by atoms with Crippen LogP contribution in [0.25, 0.3) is 5.82 Å². The number of nitrogens with zero attached hydrogens (tertiary/aromatic N) is 4. The zero-order valence-electron chi connectivity index (χ0n) is 14.9. The van der Waals surface area contributed by atoms with Crippen LogP contribution in [0.1, 0.15) is 20.8 Å². The Labute approximate surface area is 162 Å². The SMILES string of the molecule is CC(C)(C)OC(=O)NCC(Cn1ncn(-c2cc(Br)ccn2)c1=O)=C(F)F. The summed E-state index contributed by atoms with van der Waals surface area (Å²) in [6.45, 7) is 3.99. The molecular weight excluding hydrogens is 428 g/mol. The van der Waals surface area contributed by atoms with Crippen LogP contribution in [0.3, 0.4) is 0 Å². The van der Waals surface area contributed by atoms with Crippen LogP contribution in [0, 0.1) is 0 Å². The number of nitrogens with one attached hydrogen (secondary N) is 1. The van der Waals surface area contributed by atoms with Gasteiger partial charge in [-0.1, -0.05) is 15.9 Å². The molecule has 0 atom stereocenters. The van der Waals surface area contributed by atoms with Crippen molar-refractivity contribution in [3.63, 3.8) is 0 Å². The minimum Gasteiger partial charge on any atom is -0.444 e. The maximum atomic E-state index is 13.2. The van der Waals surface area contributed by atoms with E-state index in [0.29, 0.717) is 10.3 Å². The van der Waals surface area contributed by atoms with Crippen molar-refractivity contribution in [3.8, 4) is 5.82 Å². The molecule has 2 aromatic heterocycles. The molecule has 1 amide bonds. The quantitative estimate of drug-likeness (QED) is 0.763. The predicted octanol–water partition coefficient (Wildman–Crippen LogP) is 2.87. The number of hydrogen-bond donors (Lipinski definition) is 1. The first kappa shape index (κ1) is 20.7. The molecule has 2 rings (SSSR count). The fourth-order valence-corrected chi connectivity index (χ4v) is 2.31. The van der Waals surface area contributed by atoms with Crippen molar-refractivity contribution in [1.29, 1.82) is 0 Å². The molecule has 0 aliphatic heterocycles. The number of ether oxygens (including phenoxy) is 1. The Kier molecular flexibility index (Phi) is 6.47. The average Bonchev–Trinajstić information content (AvgIpc) is 2.90. The molecule has 27 heavy (non-hydrogen) atoms. The summed E-state index contributed by atoms with van der Waals surface area (Å²) in [5.74, 6) is 0.291. The summed E-state index contributed by atoms with van der Waals surface area (Å²) in [4.78, 5) is 28.1. The van der Waals surface area contributed by atoms with Crippen LogP contribution in [0.15, 0.2) is 45.6 Å². The number of aromatic nitrogens is 4. The summed E-state index contributed by atoms with van der Waals surface area (Å²) in [5.41, 5.74) is -1.86. The second kappa shape index (κ2) is 8.42. The van der Waals surface area contributed by atoms with Crippen molar-refractivity contribution in [2.24, 2.45) is 0 Å². The molecule has 0 aliphatic rings. The summed E-state index contributed by atoms with van der Waals surface area (Å²) in [6.07, 6.45) is -0.169. The zero-order valence-corrected chi connectivity index (χ0v) is 16.5. The van der Waals surface area contributed by atoms with Gasteiger partial charge in [0.15, 0.2) is 0 Å². The average molecular weight is 446 g/mol. The molecule has 0 radical (unpaired) electrons. The van der Waals surface area contributed by atoms with Gasteiger partial charge in [0.25, 0.3) is 6.08 Å². The lowest BCUT2D eigenvalue weighted by atomic mass is 10.2. The Balaban J connectivity index is 2.13. The van der Waals surface area contributed by atoms with E-state index in [1.807, 2.05) is 0 Å². The standard InChI is InChI=1S/C16H18BrF2N5O3/c1-16(2,3)27-14(25)21-7-10(13(18)19)8-24-15(26)23(9-22-24)12-6-11(17)4-5-20-12/h4-6,9H,7-8H2,1-3H3,(H,21,25). The molecule has 8 nitrogen and oxygen atoms in total. The monoisotopic (exact) mass is 445 g/mol. The maximum absolute atomic E-state index is 13.2. The van der Waals surface area contributed by atoms with Crippen molar-refractivity contribution in [3.05, 3.63) is 51.3 Å². The Bertz CT molecular complexity index is 913. The van der Waals surface area contributed by atoms with Gasteiger partial charge < -0.3 is 10.1 Å². The maximum Gasteiger partial charge on any atom is 0.407 e. The third-order valence-corrected chi connectivity index (χ3v) is 3.63. The minimum absolute atomic E-state index is 0.291. The van der Waals surface area contributed by atoms with Crippen LogP contribution in [0.5, 0.6) is 0 Å². The second-order valence-corrected chi connectivity index (χ2v) is 7.41. The smallest absolute Gasteiger partial charge is 0.407 e. The molecule has 146 valence electrons. The molecule has 0 unspecified atom stereocenters. The van der Waals surface area contributed by atoms with Gasteiger partial charge in [0.1, 0.15) is 17.7 Å². The highest BCUT2D eigenvalue weighted by Gasteiger charge is 2.18. The highest BCUT2D eigenvalue weighted by Crippen LogP contribution is 2.12. The third kappa shape index (κ3) is 5.98. The molecule has 1 N–H and O–H groups in total. The van der Waals surface area contributed by atoms with E-state index in [1.165, 1.54) is 12.5 Å². The first-order valence-corrected chi connectivity index (χ1v) is 8.62. The van der Waals surface area contributed by atoms with Gasteiger partial charge in [0.2, 0.25) is 0 Å². The fraction of sp³-hybridized carbons (Fsp3) is 0.375. The molecular formula is C16H18BrF2N5O3. The number of amides is 1.